The molecule has 15 heavy (non-hydrogen) atoms. The summed E-state index contributed by atoms with van der Waals surface area (Å²) in [6, 6.07) is 2.05. The van der Waals surface area contributed by atoms with Crippen LogP contribution in [0.5, 0.6) is 0 Å². The fourth-order valence-corrected chi connectivity index (χ4v) is 2.85. The van der Waals surface area contributed by atoms with Gasteiger partial charge < -0.3 is 5.32 Å². The number of hydrogen-bond donors (Lipinski definition) is 1. The maximum absolute atomic E-state index is 6.14. The molecule has 0 aliphatic carbocycles. The van der Waals surface area contributed by atoms with Crippen molar-refractivity contribution in [2.45, 2.75) is 12.8 Å². The molecule has 1 saturated heterocycles. The zero-order valence-electron chi connectivity index (χ0n) is 8.25. The van der Waals surface area contributed by atoms with Crippen molar-refractivity contribution in [1.29, 1.82) is 0 Å². The van der Waals surface area contributed by atoms with Crippen LogP contribution in [-0.4, -0.2) is 23.1 Å². The van der Waals surface area contributed by atoms with Gasteiger partial charge in [-0.3, -0.25) is 0 Å². The van der Waals surface area contributed by atoms with Gasteiger partial charge in [0.25, 0.3) is 0 Å². The number of rotatable bonds is 1. The van der Waals surface area contributed by atoms with E-state index >= 15 is 0 Å². The maximum Gasteiger partial charge on any atom is 0.141 e. The van der Waals surface area contributed by atoms with E-state index in [1.54, 1.807) is 11.3 Å². The van der Waals surface area contributed by atoms with Gasteiger partial charge in [-0.05, 0) is 13.0 Å². The fourth-order valence-electron chi connectivity index (χ4n) is 1.68. The van der Waals surface area contributed by atoms with Crippen molar-refractivity contribution in [3.05, 3.63) is 21.9 Å². The number of hydrogen-bond acceptors (Lipinski definition) is 4. The number of halogens is 1. The molecule has 0 saturated carbocycles. The smallest absolute Gasteiger partial charge is 0.141 e. The molecule has 5 heteroatoms. The van der Waals surface area contributed by atoms with Crippen molar-refractivity contribution >= 4 is 33.2 Å². The highest BCUT2D eigenvalue weighted by Crippen LogP contribution is 2.30. The first kappa shape index (κ1) is 9.51. The largest absolute Gasteiger partial charge is 0.315 e. The highest BCUT2D eigenvalue weighted by Gasteiger charge is 2.23. The van der Waals surface area contributed by atoms with Crippen LogP contribution in [-0.2, 0) is 0 Å². The topological polar surface area (TPSA) is 37.8 Å². The van der Waals surface area contributed by atoms with E-state index in [1.165, 1.54) is 4.88 Å². The Balaban J connectivity index is 2.17. The Morgan fingerprint density at radius 3 is 2.93 bits per heavy atom. The lowest BCUT2D eigenvalue weighted by atomic mass is 10.0. The average Bonchev–Trinajstić information content (AvgIpc) is 2.42. The van der Waals surface area contributed by atoms with Crippen LogP contribution in [0, 0.1) is 6.92 Å². The lowest BCUT2D eigenvalue weighted by Gasteiger charge is -2.25. The third-order valence-corrected chi connectivity index (χ3v) is 3.87. The Morgan fingerprint density at radius 1 is 1.47 bits per heavy atom. The molecule has 0 bridgehead atoms. The Morgan fingerprint density at radius 2 is 2.27 bits per heavy atom. The van der Waals surface area contributed by atoms with E-state index in [2.05, 4.69) is 22.2 Å². The lowest BCUT2D eigenvalue weighted by Crippen LogP contribution is -2.40. The van der Waals surface area contributed by atoms with Gasteiger partial charge in [0.1, 0.15) is 15.8 Å². The standard InChI is InChI=1S/C10H10ClN3S/c1-5-2-7-8(11)13-9(6-3-12-4-6)14-10(7)15-5/h2,6,12H,3-4H2,1H3. The van der Waals surface area contributed by atoms with Gasteiger partial charge in [-0.15, -0.1) is 11.3 Å². The van der Waals surface area contributed by atoms with Crippen LogP contribution in [0.15, 0.2) is 6.07 Å². The Hall–Kier alpha value is -0.710. The summed E-state index contributed by atoms with van der Waals surface area (Å²) >= 11 is 7.81. The minimum atomic E-state index is 0.439. The molecule has 3 nitrogen and oxygen atoms in total. The first-order valence-corrected chi connectivity index (χ1v) is 6.08. The number of fused-ring (bicyclic) bond motifs is 1. The van der Waals surface area contributed by atoms with Crippen LogP contribution < -0.4 is 5.32 Å². The van der Waals surface area contributed by atoms with E-state index < -0.39 is 0 Å². The van der Waals surface area contributed by atoms with Crippen molar-refractivity contribution in [2.24, 2.45) is 0 Å². The SMILES string of the molecule is Cc1cc2c(Cl)nc(C3CNC3)nc2s1. The van der Waals surface area contributed by atoms with Crippen LogP contribution in [0.1, 0.15) is 16.6 Å². The first-order chi connectivity index (χ1) is 7.24. The summed E-state index contributed by atoms with van der Waals surface area (Å²) in [5, 5.41) is 4.78. The Kier molecular flexibility index (Phi) is 2.16. The molecule has 0 aromatic carbocycles. The molecule has 1 N–H and O–H groups in total. The predicted octanol–water partition coefficient (Wildman–Crippen LogP) is 2.34. The second-order valence-electron chi connectivity index (χ2n) is 3.80. The summed E-state index contributed by atoms with van der Waals surface area (Å²) < 4.78 is 0. The Bertz CT molecular complexity index is 519. The third kappa shape index (κ3) is 1.53. The van der Waals surface area contributed by atoms with Crippen molar-refractivity contribution in [2.75, 3.05) is 13.1 Å². The van der Waals surface area contributed by atoms with Gasteiger partial charge in [-0.1, -0.05) is 11.6 Å². The molecular weight excluding hydrogens is 230 g/mol. The van der Waals surface area contributed by atoms with Gasteiger partial charge in [0, 0.05) is 29.3 Å². The van der Waals surface area contributed by atoms with Crippen molar-refractivity contribution < 1.29 is 0 Å². The molecule has 3 heterocycles. The molecule has 1 aliphatic rings. The molecule has 3 rings (SSSR count). The third-order valence-electron chi connectivity index (χ3n) is 2.63. The molecular formula is C10H10ClN3S. The summed E-state index contributed by atoms with van der Waals surface area (Å²) in [6.45, 7) is 3.99. The number of aromatic nitrogens is 2. The molecule has 2 aromatic heterocycles. The highest BCUT2D eigenvalue weighted by molar-refractivity contribution is 7.18. The summed E-state index contributed by atoms with van der Waals surface area (Å²) in [5.74, 6) is 1.32. The molecule has 2 aromatic rings. The normalized spacial score (nSPS) is 16.9. The van der Waals surface area contributed by atoms with Gasteiger partial charge >= 0.3 is 0 Å². The molecule has 0 atom stereocenters. The van der Waals surface area contributed by atoms with Gasteiger partial charge in [-0.25, -0.2) is 9.97 Å². The fraction of sp³-hybridized carbons (Fsp3) is 0.400. The molecule has 1 aliphatic heterocycles. The highest BCUT2D eigenvalue weighted by atomic mass is 35.5. The minimum absolute atomic E-state index is 0.439. The second kappa shape index (κ2) is 3.40. The summed E-state index contributed by atoms with van der Waals surface area (Å²) in [5.41, 5.74) is 0. The first-order valence-electron chi connectivity index (χ1n) is 4.88. The minimum Gasteiger partial charge on any atom is -0.315 e. The summed E-state index contributed by atoms with van der Waals surface area (Å²) in [4.78, 5) is 11.2. The van der Waals surface area contributed by atoms with Gasteiger partial charge in [0.15, 0.2) is 0 Å². The molecule has 0 spiro atoms. The average molecular weight is 240 g/mol. The van der Waals surface area contributed by atoms with Crippen LogP contribution >= 0.6 is 22.9 Å². The van der Waals surface area contributed by atoms with Crippen LogP contribution in [0.2, 0.25) is 5.15 Å². The maximum atomic E-state index is 6.14. The lowest BCUT2D eigenvalue weighted by molar-refractivity contribution is 0.431. The quantitative estimate of drug-likeness (QED) is 0.777. The Labute approximate surface area is 96.5 Å². The molecule has 78 valence electrons. The van der Waals surface area contributed by atoms with E-state index in [-0.39, 0.29) is 0 Å². The van der Waals surface area contributed by atoms with Crippen LogP contribution in [0.4, 0.5) is 0 Å². The van der Waals surface area contributed by atoms with E-state index in [0.717, 1.165) is 29.1 Å². The van der Waals surface area contributed by atoms with E-state index in [4.69, 9.17) is 11.6 Å². The monoisotopic (exact) mass is 239 g/mol. The molecule has 1 fully saturated rings. The molecule has 0 unspecified atom stereocenters. The zero-order chi connectivity index (χ0) is 10.4. The van der Waals surface area contributed by atoms with Gasteiger partial charge in [0.2, 0.25) is 0 Å². The second-order valence-corrected chi connectivity index (χ2v) is 5.40. The van der Waals surface area contributed by atoms with Crippen LogP contribution in [0.25, 0.3) is 10.2 Å². The number of aryl methyl sites for hydroxylation is 1. The van der Waals surface area contributed by atoms with Gasteiger partial charge in [-0.2, -0.15) is 0 Å². The van der Waals surface area contributed by atoms with Crippen LogP contribution in [0.3, 0.4) is 0 Å². The summed E-state index contributed by atoms with van der Waals surface area (Å²) in [7, 11) is 0. The predicted molar refractivity (Wildman–Crippen MR) is 62.8 cm³/mol. The molecule has 0 amide bonds. The molecule has 0 radical (unpaired) electrons. The van der Waals surface area contributed by atoms with E-state index in [9.17, 15) is 0 Å². The number of nitrogens with zero attached hydrogens (tertiary/aromatic N) is 2. The van der Waals surface area contributed by atoms with E-state index in [0.29, 0.717) is 11.1 Å². The zero-order valence-corrected chi connectivity index (χ0v) is 9.82. The van der Waals surface area contributed by atoms with Crippen molar-refractivity contribution in [3.8, 4) is 0 Å². The van der Waals surface area contributed by atoms with Crippen molar-refractivity contribution in [3.63, 3.8) is 0 Å². The number of thiophene rings is 1. The van der Waals surface area contributed by atoms with Crippen molar-refractivity contribution in [1.82, 2.24) is 15.3 Å². The summed E-state index contributed by atoms with van der Waals surface area (Å²) in [6.07, 6.45) is 0. The van der Waals surface area contributed by atoms with E-state index in [1.807, 2.05) is 6.07 Å². The number of nitrogens with one attached hydrogen (secondary N) is 1. The van der Waals surface area contributed by atoms with Gasteiger partial charge in [0.05, 0.1) is 0 Å².